The summed E-state index contributed by atoms with van der Waals surface area (Å²) < 4.78 is 0. The third-order valence-corrected chi connectivity index (χ3v) is 8.15. The molecule has 1 nitrogen and oxygen atoms in total. The second-order valence-corrected chi connectivity index (χ2v) is 12.4. The maximum Gasteiger partial charge on any atom is 0.0187 e. The van der Waals surface area contributed by atoms with Crippen molar-refractivity contribution in [3.63, 3.8) is 0 Å². The second kappa shape index (κ2) is 35.0. The highest BCUT2D eigenvalue weighted by molar-refractivity contribution is 5.85. The standard InChI is InChI=1S/C36H73N.ClH/c1-5-7-9-11-13-15-17-19-21-23-25-27-29-31-33-37(35-36(3)4)34-32-30-28-26-24-22-20-18-16-14-12-10-8-6-2;/h3,5-35H2,1-2,4H3;1H. The first-order valence-electron chi connectivity index (χ1n) is 17.6. The van der Waals surface area contributed by atoms with Crippen LogP contribution in [0.2, 0.25) is 0 Å². The summed E-state index contributed by atoms with van der Waals surface area (Å²) in [4.78, 5) is 2.68. The minimum atomic E-state index is 0. The van der Waals surface area contributed by atoms with E-state index in [9.17, 15) is 0 Å². The summed E-state index contributed by atoms with van der Waals surface area (Å²) in [6.45, 7) is 14.7. The highest BCUT2D eigenvalue weighted by Gasteiger charge is 2.05. The van der Waals surface area contributed by atoms with E-state index in [1.165, 1.54) is 198 Å². The van der Waals surface area contributed by atoms with Crippen LogP contribution >= 0.6 is 12.4 Å². The SMILES string of the molecule is C=C(C)CN(CCCCCCCCCCCCCCCC)CCCCCCCCCCCCCCCC.Cl. The Bertz CT molecular complexity index is 403. The number of hydrogen-bond donors (Lipinski definition) is 0. The first-order chi connectivity index (χ1) is 18.2. The van der Waals surface area contributed by atoms with E-state index in [1.54, 1.807) is 0 Å². The molecule has 0 aromatic carbocycles. The molecule has 0 spiro atoms. The highest BCUT2D eigenvalue weighted by atomic mass is 35.5. The molecule has 0 aliphatic heterocycles. The van der Waals surface area contributed by atoms with Gasteiger partial charge < -0.3 is 0 Å². The summed E-state index contributed by atoms with van der Waals surface area (Å²) in [5.74, 6) is 0. The van der Waals surface area contributed by atoms with Crippen LogP contribution in [0.25, 0.3) is 0 Å². The van der Waals surface area contributed by atoms with Crippen LogP contribution in [0.4, 0.5) is 0 Å². The molecular formula is C36H74ClN. The van der Waals surface area contributed by atoms with Crippen LogP contribution in [0, 0.1) is 0 Å². The summed E-state index contributed by atoms with van der Waals surface area (Å²) >= 11 is 0. The smallest absolute Gasteiger partial charge is 0.0187 e. The van der Waals surface area contributed by atoms with Crippen molar-refractivity contribution < 1.29 is 0 Å². The zero-order chi connectivity index (χ0) is 27.1. The molecule has 0 fully saturated rings. The topological polar surface area (TPSA) is 3.24 Å². The van der Waals surface area contributed by atoms with Crippen molar-refractivity contribution in [1.82, 2.24) is 4.90 Å². The molecule has 2 heteroatoms. The van der Waals surface area contributed by atoms with Crippen molar-refractivity contribution in [1.29, 1.82) is 0 Å². The van der Waals surface area contributed by atoms with E-state index in [1.807, 2.05) is 0 Å². The van der Waals surface area contributed by atoms with Gasteiger partial charge in [0.1, 0.15) is 0 Å². The second-order valence-electron chi connectivity index (χ2n) is 12.4. The summed E-state index contributed by atoms with van der Waals surface area (Å²) in [6, 6.07) is 0. The van der Waals surface area contributed by atoms with Gasteiger partial charge in [-0.1, -0.05) is 193 Å². The van der Waals surface area contributed by atoms with Gasteiger partial charge in [0, 0.05) is 6.54 Å². The molecule has 0 rings (SSSR count). The maximum absolute atomic E-state index is 4.19. The van der Waals surface area contributed by atoms with Crippen LogP contribution in [0.3, 0.4) is 0 Å². The average Bonchev–Trinajstić information content (AvgIpc) is 2.88. The van der Waals surface area contributed by atoms with E-state index in [2.05, 4.69) is 32.3 Å². The average molecular weight is 556 g/mol. The molecule has 0 N–H and O–H groups in total. The number of rotatable bonds is 32. The first kappa shape index (κ1) is 40.1. The first-order valence-corrected chi connectivity index (χ1v) is 17.6. The summed E-state index contributed by atoms with van der Waals surface area (Å²) in [5, 5.41) is 0. The number of halogens is 1. The minimum absolute atomic E-state index is 0. The van der Waals surface area contributed by atoms with Crippen LogP contribution in [0.1, 0.15) is 201 Å². The molecule has 0 aromatic rings. The molecule has 0 amide bonds. The molecule has 0 aromatic heterocycles. The van der Waals surface area contributed by atoms with Gasteiger partial charge in [-0.2, -0.15) is 0 Å². The van der Waals surface area contributed by atoms with Crippen molar-refractivity contribution in [2.75, 3.05) is 19.6 Å². The fourth-order valence-corrected chi connectivity index (χ4v) is 5.71. The van der Waals surface area contributed by atoms with Crippen LogP contribution in [-0.2, 0) is 0 Å². The van der Waals surface area contributed by atoms with Gasteiger partial charge in [-0.05, 0) is 32.9 Å². The van der Waals surface area contributed by atoms with E-state index >= 15 is 0 Å². The van der Waals surface area contributed by atoms with E-state index in [0.717, 1.165) is 6.54 Å². The third-order valence-electron chi connectivity index (χ3n) is 8.15. The minimum Gasteiger partial charge on any atom is -0.299 e. The van der Waals surface area contributed by atoms with Gasteiger partial charge >= 0.3 is 0 Å². The Morgan fingerprint density at radius 3 is 0.816 bits per heavy atom. The van der Waals surface area contributed by atoms with Gasteiger partial charge in [-0.15, -0.1) is 12.4 Å². The monoisotopic (exact) mass is 556 g/mol. The largest absolute Gasteiger partial charge is 0.299 e. The Hall–Kier alpha value is -0.0100. The van der Waals surface area contributed by atoms with E-state index in [0.29, 0.717) is 0 Å². The van der Waals surface area contributed by atoms with Gasteiger partial charge in [0.05, 0.1) is 0 Å². The molecule has 0 heterocycles. The Balaban J connectivity index is 0. The molecule has 0 saturated carbocycles. The van der Waals surface area contributed by atoms with Crippen LogP contribution in [-0.4, -0.2) is 24.5 Å². The molecule has 230 valence electrons. The molecule has 0 saturated heterocycles. The van der Waals surface area contributed by atoms with Crippen LogP contribution < -0.4 is 0 Å². The summed E-state index contributed by atoms with van der Waals surface area (Å²) in [5.41, 5.74) is 1.33. The van der Waals surface area contributed by atoms with Crippen molar-refractivity contribution in [2.24, 2.45) is 0 Å². The molecule has 0 unspecified atom stereocenters. The van der Waals surface area contributed by atoms with E-state index in [4.69, 9.17) is 0 Å². The Labute approximate surface area is 249 Å². The third kappa shape index (κ3) is 34.0. The summed E-state index contributed by atoms with van der Waals surface area (Å²) in [7, 11) is 0. The van der Waals surface area contributed by atoms with Gasteiger partial charge in [-0.3, -0.25) is 4.90 Å². The Morgan fingerprint density at radius 1 is 0.395 bits per heavy atom. The number of nitrogens with zero attached hydrogens (tertiary/aromatic N) is 1. The molecule has 0 bridgehead atoms. The number of hydrogen-bond acceptors (Lipinski definition) is 1. The lowest BCUT2D eigenvalue weighted by molar-refractivity contribution is 0.280. The molecule has 0 aliphatic carbocycles. The Morgan fingerprint density at radius 2 is 0.605 bits per heavy atom. The van der Waals surface area contributed by atoms with Crippen molar-refractivity contribution in [3.05, 3.63) is 12.2 Å². The fraction of sp³-hybridized carbons (Fsp3) is 0.944. The molecular weight excluding hydrogens is 482 g/mol. The Kier molecular flexibility index (Phi) is 37.0. The van der Waals surface area contributed by atoms with E-state index < -0.39 is 0 Å². The maximum atomic E-state index is 4.19. The zero-order valence-electron chi connectivity index (χ0n) is 27.0. The lowest BCUT2D eigenvalue weighted by Crippen LogP contribution is -2.27. The lowest BCUT2D eigenvalue weighted by atomic mass is 10.0. The molecule has 0 atom stereocenters. The molecule has 0 radical (unpaired) electrons. The van der Waals surface area contributed by atoms with Gasteiger partial charge in [-0.25, -0.2) is 0 Å². The predicted octanol–water partition coefficient (Wildman–Crippen LogP) is 13.2. The predicted molar refractivity (Wildman–Crippen MR) is 179 cm³/mol. The van der Waals surface area contributed by atoms with E-state index in [-0.39, 0.29) is 12.4 Å². The molecule has 38 heavy (non-hydrogen) atoms. The van der Waals surface area contributed by atoms with Gasteiger partial charge in [0.15, 0.2) is 0 Å². The van der Waals surface area contributed by atoms with Gasteiger partial charge in [0.25, 0.3) is 0 Å². The zero-order valence-corrected chi connectivity index (χ0v) is 27.8. The quantitative estimate of drug-likeness (QED) is 0.0589. The fourth-order valence-electron chi connectivity index (χ4n) is 5.71. The number of unbranched alkanes of at least 4 members (excludes halogenated alkanes) is 26. The van der Waals surface area contributed by atoms with Gasteiger partial charge in [0.2, 0.25) is 0 Å². The normalized spacial score (nSPS) is 11.3. The van der Waals surface area contributed by atoms with Crippen LogP contribution in [0.5, 0.6) is 0 Å². The van der Waals surface area contributed by atoms with Crippen molar-refractivity contribution in [2.45, 2.75) is 201 Å². The lowest BCUT2D eigenvalue weighted by Gasteiger charge is -2.22. The highest BCUT2D eigenvalue weighted by Crippen LogP contribution is 2.15. The van der Waals surface area contributed by atoms with Crippen molar-refractivity contribution >= 4 is 12.4 Å². The van der Waals surface area contributed by atoms with Crippen molar-refractivity contribution in [3.8, 4) is 0 Å². The van der Waals surface area contributed by atoms with Crippen LogP contribution in [0.15, 0.2) is 12.2 Å². The molecule has 0 aliphatic rings. The summed E-state index contributed by atoms with van der Waals surface area (Å²) in [6.07, 6.45) is 40.5.